The largest absolute Gasteiger partial charge is 0.367 e. The van der Waals surface area contributed by atoms with Crippen molar-refractivity contribution in [1.29, 1.82) is 0 Å². The smallest absolute Gasteiger partial charge is 0.224 e. The first-order chi connectivity index (χ1) is 14.4. The summed E-state index contributed by atoms with van der Waals surface area (Å²) in [6.45, 7) is 6.04. The van der Waals surface area contributed by atoms with E-state index in [2.05, 4.69) is 30.1 Å². The third-order valence-corrected chi connectivity index (χ3v) is 7.58. The number of nitrogens with zero attached hydrogens (tertiary/aromatic N) is 1. The molecule has 6 rings (SSSR count). The van der Waals surface area contributed by atoms with Gasteiger partial charge in [-0.15, -0.1) is 0 Å². The Labute approximate surface area is 178 Å². The first-order valence-electron chi connectivity index (χ1n) is 11.3. The number of rotatable bonds is 5. The Morgan fingerprint density at radius 2 is 1.90 bits per heavy atom. The van der Waals surface area contributed by atoms with Crippen LogP contribution in [0, 0.1) is 31.0 Å². The van der Waals surface area contributed by atoms with Crippen molar-refractivity contribution in [1.82, 2.24) is 0 Å². The van der Waals surface area contributed by atoms with Crippen LogP contribution < -0.4 is 10.2 Å². The summed E-state index contributed by atoms with van der Waals surface area (Å²) in [5.41, 5.74) is 7.41. The zero-order valence-electron chi connectivity index (χ0n) is 18.1. The van der Waals surface area contributed by atoms with Gasteiger partial charge >= 0.3 is 0 Å². The van der Waals surface area contributed by atoms with Crippen molar-refractivity contribution in [2.24, 2.45) is 11.3 Å². The monoisotopic (exact) mass is 406 g/mol. The Morgan fingerprint density at radius 3 is 2.57 bits per heavy atom. The van der Waals surface area contributed by atoms with Crippen molar-refractivity contribution < 1.29 is 9.18 Å². The minimum absolute atomic E-state index is 0.177. The number of hydrogen-bond donors (Lipinski definition) is 1. The molecule has 3 fully saturated rings. The number of halogens is 1. The molecule has 0 atom stereocenters. The summed E-state index contributed by atoms with van der Waals surface area (Å²) in [4.78, 5) is 15.2. The molecular weight excluding hydrogens is 375 g/mol. The highest BCUT2D eigenvalue weighted by Gasteiger charge is 2.56. The first kappa shape index (κ1) is 19.6. The SMILES string of the molecule is Cc1cc2c(c(C)c1NC(=O)CC13CC(C1)C3)CCCCN2Cc1ccc(F)cc1. The van der Waals surface area contributed by atoms with E-state index < -0.39 is 0 Å². The average Bonchev–Trinajstić information content (AvgIpc) is 2.85. The normalized spacial score (nSPS) is 24.4. The van der Waals surface area contributed by atoms with Crippen molar-refractivity contribution in [2.75, 3.05) is 16.8 Å². The summed E-state index contributed by atoms with van der Waals surface area (Å²) in [6.07, 6.45) is 7.75. The lowest BCUT2D eigenvalue weighted by atomic mass is 9.43. The van der Waals surface area contributed by atoms with Gasteiger partial charge < -0.3 is 10.2 Å². The number of benzene rings is 2. The highest BCUT2D eigenvalue weighted by Crippen LogP contribution is 2.66. The fourth-order valence-corrected chi connectivity index (χ4v) is 5.89. The van der Waals surface area contributed by atoms with Crippen LogP contribution >= 0.6 is 0 Å². The second-order valence-corrected chi connectivity index (χ2v) is 9.90. The minimum atomic E-state index is -0.194. The molecule has 1 heterocycles. The van der Waals surface area contributed by atoms with Gasteiger partial charge in [0.1, 0.15) is 5.82 Å². The number of carbonyl (C=O) groups is 1. The Kier molecular flexibility index (Phi) is 4.83. The van der Waals surface area contributed by atoms with E-state index in [0.29, 0.717) is 11.8 Å². The number of amides is 1. The van der Waals surface area contributed by atoms with Crippen LogP contribution in [0.2, 0.25) is 0 Å². The molecule has 158 valence electrons. The van der Waals surface area contributed by atoms with Crippen molar-refractivity contribution in [2.45, 2.75) is 65.3 Å². The first-order valence-corrected chi connectivity index (χ1v) is 11.3. The van der Waals surface area contributed by atoms with Crippen LogP contribution in [0.5, 0.6) is 0 Å². The van der Waals surface area contributed by atoms with E-state index in [1.165, 1.54) is 48.2 Å². The van der Waals surface area contributed by atoms with Crippen molar-refractivity contribution >= 4 is 17.3 Å². The van der Waals surface area contributed by atoms with Crippen LogP contribution in [-0.4, -0.2) is 12.5 Å². The highest BCUT2D eigenvalue weighted by atomic mass is 19.1. The molecule has 0 radical (unpaired) electrons. The predicted molar refractivity (Wildman–Crippen MR) is 119 cm³/mol. The van der Waals surface area contributed by atoms with Crippen molar-refractivity contribution in [3.05, 3.63) is 58.4 Å². The van der Waals surface area contributed by atoms with Crippen LogP contribution in [0.4, 0.5) is 15.8 Å². The molecule has 4 heteroatoms. The van der Waals surface area contributed by atoms with Gasteiger partial charge in [-0.05, 0) is 104 Å². The van der Waals surface area contributed by atoms with Gasteiger partial charge in [0.15, 0.2) is 0 Å². The molecule has 1 amide bonds. The second kappa shape index (κ2) is 7.40. The molecule has 0 aromatic heterocycles. The molecular formula is C26H31FN2O. The number of hydrogen-bond acceptors (Lipinski definition) is 2. The Bertz CT molecular complexity index is 964. The van der Waals surface area contributed by atoms with Crippen LogP contribution in [0.1, 0.15) is 60.8 Å². The second-order valence-electron chi connectivity index (χ2n) is 9.90. The van der Waals surface area contributed by atoms with Gasteiger partial charge in [-0.25, -0.2) is 4.39 Å². The molecule has 2 bridgehead atoms. The molecule has 3 aliphatic carbocycles. The lowest BCUT2D eigenvalue weighted by Gasteiger charge is -2.61. The highest BCUT2D eigenvalue weighted by molar-refractivity contribution is 5.94. The van der Waals surface area contributed by atoms with E-state index in [1.807, 2.05) is 12.1 Å². The van der Waals surface area contributed by atoms with E-state index in [-0.39, 0.29) is 11.7 Å². The minimum Gasteiger partial charge on any atom is -0.367 e. The number of aryl methyl sites for hydroxylation is 1. The van der Waals surface area contributed by atoms with Gasteiger partial charge in [0, 0.05) is 30.9 Å². The number of fused-ring (bicyclic) bond motifs is 1. The fraction of sp³-hybridized carbons (Fsp3) is 0.500. The summed E-state index contributed by atoms with van der Waals surface area (Å²) >= 11 is 0. The molecule has 4 aliphatic rings. The van der Waals surface area contributed by atoms with Gasteiger partial charge in [0.25, 0.3) is 0 Å². The maximum Gasteiger partial charge on any atom is 0.224 e. The van der Waals surface area contributed by atoms with Crippen LogP contribution in [0.3, 0.4) is 0 Å². The molecule has 1 N–H and O–H groups in total. The van der Waals surface area contributed by atoms with Crippen molar-refractivity contribution in [3.63, 3.8) is 0 Å². The molecule has 0 saturated heterocycles. The zero-order chi connectivity index (χ0) is 20.9. The lowest BCUT2D eigenvalue weighted by molar-refractivity contribution is -0.139. The van der Waals surface area contributed by atoms with Crippen LogP contribution in [0.15, 0.2) is 30.3 Å². The molecule has 2 aromatic carbocycles. The van der Waals surface area contributed by atoms with Crippen molar-refractivity contribution in [3.8, 4) is 0 Å². The molecule has 3 nitrogen and oxygen atoms in total. The predicted octanol–water partition coefficient (Wildman–Crippen LogP) is 5.91. The topological polar surface area (TPSA) is 32.3 Å². The van der Waals surface area contributed by atoms with E-state index in [1.54, 1.807) is 0 Å². The van der Waals surface area contributed by atoms with E-state index in [4.69, 9.17) is 0 Å². The molecule has 2 aromatic rings. The van der Waals surface area contributed by atoms with Gasteiger partial charge in [-0.3, -0.25) is 4.79 Å². The molecule has 30 heavy (non-hydrogen) atoms. The Hall–Kier alpha value is -2.36. The maximum atomic E-state index is 13.3. The van der Waals surface area contributed by atoms with Gasteiger partial charge in [-0.2, -0.15) is 0 Å². The quantitative estimate of drug-likeness (QED) is 0.669. The summed E-state index contributed by atoms with van der Waals surface area (Å²) in [5.74, 6) is 0.887. The van der Waals surface area contributed by atoms with Crippen LogP contribution in [-0.2, 0) is 17.8 Å². The molecule has 1 aliphatic heterocycles. The third-order valence-electron chi connectivity index (χ3n) is 7.58. The van der Waals surface area contributed by atoms with E-state index >= 15 is 0 Å². The maximum absolute atomic E-state index is 13.3. The van der Waals surface area contributed by atoms with E-state index in [0.717, 1.165) is 55.1 Å². The fourth-order valence-electron chi connectivity index (χ4n) is 5.89. The Morgan fingerprint density at radius 1 is 1.17 bits per heavy atom. The van der Waals surface area contributed by atoms with Gasteiger partial charge in [0.05, 0.1) is 0 Å². The van der Waals surface area contributed by atoms with E-state index in [9.17, 15) is 9.18 Å². The number of anilines is 2. The van der Waals surface area contributed by atoms with Gasteiger partial charge in [0.2, 0.25) is 5.91 Å². The molecule has 3 saturated carbocycles. The number of nitrogens with one attached hydrogen (secondary N) is 1. The van der Waals surface area contributed by atoms with Gasteiger partial charge in [-0.1, -0.05) is 12.1 Å². The standard InChI is InChI=1S/C26H31FN2O/c1-17-11-23-22(5-3-4-10-29(23)16-19-6-8-21(27)9-7-19)18(2)25(17)28-24(30)15-26-12-20(13-26)14-26/h6-9,11,20H,3-5,10,12-16H2,1-2H3,(H,28,30). The summed E-state index contributed by atoms with van der Waals surface area (Å²) in [7, 11) is 0. The van der Waals surface area contributed by atoms with Crippen LogP contribution in [0.25, 0.3) is 0 Å². The summed E-state index contributed by atoms with van der Waals surface area (Å²) in [5, 5.41) is 3.27. The summed E-state index contributed by atoms with van der Waals surface area (Å²) in [6, 6.07) is 9.07. The molecule has 0 spiro atoms. The Balaban J connectivity index is 1.39. The zero-order valence-corrected chi connectivity index (χ0v) is 18.1. The lowest BCUT2D eigenvalue weighted by Crippen LogP contribution is -2.53. The molecule has 0 unspecified atom stereocenters. The third kappa shape index (κ3) is 3.51. The summed E-state index contributed by atoms with van der Waals surface area (Å²) < 4.78 is 13.3. The number of carbonyl (C=O) groups excluding carboxylic acids is 1. The average molecular weight is 407 g/mol.